The van der Waals surface area contributed by atoms with Gasteiger partial charge in [-0.15, -0.1) is 0 Å². The van der Waals surface area contributed by atoms with Crippen molar-refractivity contribution in [3.05, 3.63) is 47.5 Å². The molecule has 0 aromatic heterocycles. The molecule has 0 radical (unpaired) electrons. The minimum Gasteiger partial charge on any atom is -0.454 e. The van der Waals surface area contributed by atoms with Gasteiger partial charge in [0.2, 0.25) is 13.6 Å². The Balaban J connectivity index is 1.55. The lowest BCUT2D eigenvalue weighted by Crippen LogP contribution is -2.56. The SMILES string of the molecule is OC[C@]1(O)[C@@H](c2ccc3c(c2)OCO3)OC[C@@H](O)[C@H]1c1ccc2c(c1)OCO2. The number of hydrogen-bond acceptors (Lipinski definition) is 8. The molecule has 3 heterocycles. The summed E-state index contributed by atoms with van der Waals surface area (Å²) in [6, 6.07) is 10.4. The third kappa shape index (κ3) is 2.61. The number of ether oxygens (including phenoxy) is 5. The van der Waals surface area contributed by atoms with Crippen molar-refractivity contribution in [2.45, 2.75) is 23.7 Å². The summed E-state index contributed by atoms with van der Waals surface area (Å²) in [5.41, 5.74) is -0.514. The smallest absolute Gasteiger partial charge is 0.231 e. The molecule has 3 N–H and O–H groups in total. The number of hydrogen-bond donors (Lipinski definition) is 3. The van der Waals surface area contributed by atoms with E-state index in [9.17, 15) is 15.3 Å². The Hall–Kier alpha value is -2.52. The number of fused-ring (bicyclic) bond motifs is 2. The molecule has 3 aliphatic rings. The van der Waals surface area contributed by atoms with E-state index in [1.165, 1.54) is 0 Å². The van der Waals surface area contributed by atoms with Crippen LogP contribution in [0.1, 0.15) is 23.1 Å². The van der Waals surface area contributed by atoms with Gasteiger partial charge in [0, 0.05) is 5.92 Å². The summed E-state index contributed by atoms with van der Waals surface area (Å²) in [4.78, 5) is 0. The van der Waals surface area contributed by atoms with E-state index in [2.05, 4.69) is 0 Å². The van der Waals surface area contributed by atoms with Crippen LogP contribution < -0.4 is 18.9 Å². The molecule has 1 fully saturated rings. The van der Waals surface area contributed by atoms with Crippen LogP contribution in [0.2, 0.25) is 0 Å². The highest BCUT2D eigenvalue weighted by atomic mass is 16.7. The number of rotatable bonds is 3. The lowest BCUT2D eigenvalue weighted by molar-refractivity contribution is -0.213. The second kappa shape index (κ2) is 6.52. The molecular weight excluding hydrogens is 368 g/mol. The zero-order valence-corrected chi connectivity index (χ0v) is 14.9. The summed E-state index contributed by atoms with van der Waals surface area (Å²) in [5.74, 6) is 1.50. The first-order valence-electron chi connectivity index (χ1n) is 9.02. The van der Waals surface area contributed by atoms with Crippen molar-refractivity contribution in [2.24, 2.45) is 0 Å². The third-order valence-electron chi connectivity index (χ3n) is 5.52. The monoisotopic (exact) mass is 388 g/mol. The van der Waals surface area contributed by atoms with Gasteiger partial charge in [0.1, 0.15) is 11.7 Å². The van der Waals surface area contributed by atoms with Crippen molar-refractivity contribution in [3.63, 3.8) is 0 Å². The van der Waals surface area contributed by atoms with E-state index in [1.54, 1.807) is 36.4 Å². The van der Waals surface area contributed by atoms with E-state index < -0.39 is 30.3 Å². The second-order valence-corrected chi connectivity index (χ2v) is 7.13. The van der Waals surface area contributed by atoms with Crippen molar-refractivity contribution >= 4 is 0 Å². The van der Waals surface area contributed by atoms with Gasteiger partial charge in [-0.3, -0.25) is 0 Å². The first-order chi connectivity index (χ1) is 13.6. The van der Waals surface area contributed by atoms with Crippen LogP contribution in [0.25, 0.3) is 0 Å². The van der Waals surface area contributed by atoms with Crippen molar-refractivity contribution in [1.82, 2.24) is 0 Å². The van der Waals surface area contributed by atoms with Gasteiger partial charge < -0.3 is 39.0 Å². The fourth-order valence-corrected chi connectivity index (χ4v) is 4.19. The van der Waals surface area contributed by atoms with Gasteiger partial charge in [0.05, 0.1) is 19.3 Å². The summed E-state index contributed by atoms with van der Waals surface area (Å²) in [5, 5.41) is 32.3. The minimum atomic E-state index is -1.76. The van der Waals surface area contributed by atoms with Gasteiger partial charge in [0.25, 0.3) is 0 Å². The average Bonchev–Trinajstić information content (AvgIpc) is 3.36. The van der Waals surface area contributed by atoms with Crippen LogP contribution in [0.3, 0.4) is 0 Å². The molecule has 0 saturated carbocycles. The summed E-state index contributed by atoms with van der Waals surface area (Å²) in [7, 11) is 0. The van der Waals surface area contributed by atoms with Gasteiger partial charge in [-0.25, -0.2) is 0 Å². The predicted molar refractivity (Wildman–Crippen MR) is 94.6 cm³/mol. The lowest BCUT2D eigenvalue weighted by Gasteiger charge is -2.47. The van der Waals surface area contributed by atoms with Gasteiger partial charge in [-0.1, -0.05) is 12.1 Å². The molecule has 4 atom stereocenters. The molecule has 28 heavy (non-hydrogen) atoms. The Bertz CT molecular complexity index is 900. The molecule has 1 saturated heterocycles. The van der Waals surface area contributed by atoms with Crippen molar-refractivity contribution in [2.75, 3.05) is 26.8 Å². The molecule has 8 nitrogen and oxygen atoms in total. The molecule has 0 unspecified atom stereocenters. The van der Waals surface area contributed by atoms with Crippen LogP contribution in [0.4, 0.5) is 0 Å². The van der Waals surface area contributed by atoms with E-state index in [-0.39, 0.29) is 20.2 Å². The molecular formula is C20H20O8. The topological polar surface area (TPSA) is 107 Å². The Labute approximate surface area is 160 Å². The van der Waals surface area contributed by atoms with Crippen LogP contribution in [-0.4, -0.2) is 53.8 Å². The van der Waals surface area contributed by atoms with Gasteiger partial charge in [-0.2, -0.15) is 0 Å². The van der Waals surface area contributed by atoms with Gasteiger partial charge >= 0.3 is 0 Å². The maximum Gasteiger partial charge on any atom is 0.231 e. The summed E-state index contributed by atoms with van der Waals surface area (Å²) in [6.45, 7) is -0.352. The Morgan fingerprint density at radius 1 is 0.857 bits per heavy atom. The number of benzene rings is 2. The molecule has 2 aromatic rings. The van der Waals surface area contributed by atoms with E-state index in [0.717, 1.165) is 0 Å². The largest absolute Gasteiger partial charge is 0.454 e. The zero-order chi connectivity index (χ0) is 19.3. The van der Waals surface area contributed by atoms with Gasteiger partial charge in [-0.05, 0) is 35.4 Å². The fourth-order valence-electron chi connectivity index (χ4n) is 4.19. The zero-order valence-electron chi connectivity index (χ0n) is 14.9. The quantitative estimate of drug-likeness (QED) is 0.717. The maximum absolute atomic E-state index is 11.5. The molecule has 8 heteroatoms. The van der Waals surface area contributed by atoms with E-state index >= 15 is 0 Å². The van der Waals surface area contributed by atoms with Crippen LogP contribution in [0.5, 0.6) is 23.0 Å². The van der Waals surface area contributed by atoms with Gasteiger partial charge in [0.15, 0.2) is 23.0 Å². The van der Waals surface area contributed by atoms with Crippen molar-refractivity contribution in [1.29, 1.82) is 0 Å². The highest BCUT2D eigenvalue weighted by Gasteiger charge is 2.53. The van der Waals surface area contributed by atoms with Crippen LogP contribution in [0.15, 0.2) is 36.4 Å². The molecule has 0 amide bonds. The summed E-state index contributed by atoms with van der Waals surface area (Å²) in [6.07, 6.45) is -1.88. The highest BCUT2D eigenvalue weighted by Crippen LogP contribution is 2.49. The summed E-state index contributed by atoms with van der Waals surface area (Å²) >= 11 is 0. The number of aliphatic hydroxyl groups excluding tert-OH is 2. The Kier molecular flexibility index (Phi) is 4.09. The van der Waals surface area contributed by atoms with Crippen LogP contribution >= 0.6 is 0 Å². The Morgan fingerprint density at radius 2 is 1.43 bits per heavy atom. The normalized spacial score (nSPS) is 30.5. The predicted octanol–water partition coefficient (Wildman–Crippen LogP) is 1.08. The van der Waals surface area contributed by atoms with Crippen LogP contribution in [0, 0.1) is 0 Å². The standard InChI is InChI=1S/C20H20O8/c21-8-20(23)18(11-1-3-14-16(5-11)27-9-25-14)13(22)7-24-19(20)12-2-4-15-17(6-12)28-10-26-15/h1-6,13,18-19,21-23H,7-10H2/t13-,18-,19-,20-/m1/s1. The molecule has 148 valence electrons. The highest BCUT2D eigenvalue weighted by molar-refractivity contribution is 5.48. The minimum absolute atomic E-state index is 0.000523. The third-order valence-corrected chi connectivity index (χ3v) is 5.52. The molecule has 0 spiro atoms. The average molecular weight is 388 g/mol. The molecule has 0 bridgehead atoms. The lowest BCUT2D eigenvalue weighted by atomic mass is 9.72. The number of aliphatic hydroxyl groups is 3. The summed E-state index contributed by atoms with van der Waals surface area (Å²) < 4.78 is 27.3. The van der Waals surface area contributed by atoms with Crippen LogP contribution in [-0.2, 0) is 4.74 Å². The molecule has 5 rings (SSSR count). The second-order valence-electron chi connectivity index (χ2n) is 7.13. The maximum atomic E-state index is 11.5. The van der Waals surface area contributed by atoms with E-state index in [4.69, 9.17) is 23.7 Å². The molecule has 2 aromatic carbocycles. The van der Waals surface area contributed by atoms with E-state index in [0.29, 0.717) is 34.1 Å². The Morgan fingerprint density at radius 3 is 2.07 bits per heavy atom. The first kappa shape index (κ1) is 17.6. The molecule has 0 aliphatic carbocycles. The first-order valence-corrected chi connectivity index (χ1v) is 9.02. The van der Waals surface area contributed by atoms with Crippen molar-refractivity contribution < 1.29 is 39.0 Å². The molecule has 3 aliphatic heterocycles. The van der Waals surface area contributed by atoms with Crippen molar-refractivity contribution in [3.8, 4) is 23.0 Å². The fraction of sp³-hybridized carbons (Fsp3) is 0.400. The van der Waals surface area contributed by atoms with E-state index in [1.807, 2.05) is 0 Å².